The molecule has 0 fully saturated rings. The first-order chi connectivity index (χ1) is 7.17. The van der Waals surface area contributed by atoms with Crippen molar-refractivity contribution >= 4 is 11.9 Å². The van der Waals surface area contributed by atoms with Gasteiger partial charge in [0.25, 0.3) is 0 Å². The quantitative estimate of drug-likeness (QED) is 0.685. The van der Waals surface area contributed by atoms with E-state index in [9.17, 15) is 18.4 Å². The zero-order valence-electron chi connectivity index (χ0n) is 9.80. The summed E-state index contributed by atoms with van der Waals surface area (Å²) in [5.41, 5.74) is -0.841. The summed E-state index contributed by atoms with van der Waals surface area (Å²) in [4.78, 5) is 21.9. The van der Waals surface area contributed by atoms with E-state index in [1.807, 2.05) is 0 Å². The summed E-state index contributed by atoms with van der Waals surface area (Å²) in [5.74, 6) is -6.28. The third-order valence-corrected chi connectivity index (χ3v) is 2.31. The monoisotopic (exact) mass is 238 g/mol. The Bertz CT molecular complexity index is 274. The minimum absolute atomic E-state index is 0.454. The molecule has 0 N–H and O–H groups in total. The van der Waals surface area contributed by atoms with Gasteiger partial charge in [-0.2, -0.15) is 8.78 Å². The summed E-state index contributed by atoms with van der Waals surface area (Å²) in [5, 5.41) is 0. The SMILES string of the molecule is CCC(C)(C)C(=O)OCC(F)(F)C(=O)OC. The van der Waals surface area contributed by atoms with Gasteiger partial charge in [0, 0.05) is 0 Å². The number of carbonyl (C=O) groups excluding carboxylic acids is 2. The fraction of sp³-hybridized carbons (Fsp3) is 0.800. The maximum Gasteiger partial charge on any atom is 0.380 e. The molecule has 0 bridgehead atoms. The second-order valence-corrected chi connectivity index (χ2v) is 4.01. The van der Waals surface area contributed by atoms with Crippen LogP contribution in [0, 0.1) is 5.41 Å². The fourth-order valence-electron chi connectivity index (χ4n) is 0.704. The van der Waals surface area contributed by atoms with Crippen LogP contribution in [0.25, 0.3) is 0 Å². The highest BCUT2D eigenvalue weighted by Gasteiger charge is 2.43. The molecule has 0 aromatic heterocycles. The lowest BCUT2D eigenvalue weighted by Crippen LogP contribution is -2.38. The lowest BCUT2D eigenvalue weighted by molar-refractivity contribution is -0.184. The smallest absolute Gasteiger partial charge is 0.380 e. The van der Waals surface area contributed by atoms with Crippen LogP contribution in [0.1, 0.15) is 27.2 Å². The normalized spacial score (nSPS) is 12.1. The first kappa shape index (κ1) is 14.8. The van der Waals surface area contributed by atoms with E-state index in [2.05, 4.69) is 9.47 Å². The molecule has 0 rings (SSSR count). The average molecular weight is 238 g/mol. The van der Waals surface area contributed by atoms with E-state index in [0.29, 0.717) is 6.42 Å². The predicted octanol–water partition coefficient (Wildman–Crippen LogP) is 1.77. The molecule has 4 nitrogen and oxygen atoms in total. The van der Waals surface area contributed by atoms with Crippen molar-refractivity contribution in [2.45, 2.75) is 33.1 Å². The average Bonchev–Trinajstić information content (AvgIpc) is 2.24. The predicted molar refractivity (Wildman–Crippen MR) is 52.0 cm³/mol. The molecule has 0 aromatic carbocycles. The van der Waals surface area contributed by atoms with Crippen LogP contribution < -0.4 is 0 Å². The lowest BCUT2D eigenvalue weighted by atomic mass is 9.91. The molecular formula is C10H16F2O4. The first-order valence-corrected chi connectivity index (χ1v) is 4.81. The second kappa shape index (κ2) is 5.23. The minimum atomic E-state index is -3.80. The summed E-state index contributed by atoms with van der Waals surface area (Å²) in [6.45, 7) is 3.60. The Hall–Kier alpha value is -1.20. The topological polar surface area (TPSA) is 52.6 Å². The summed E-state index contributed by atoms with van der Waals surface area (Å²) in [6.07, 6.45) is 0.454. The van der Waals surface area contributed by atoms with Crippen molar-refractivity contribution in [1.29, 1.82) is 0 Å². The van der Waals surface area contributed by atoms with Gasteiger partial charge in [-0.15, -0.1) is 0 Å². The number of hydrogen-bond acceptors (Lipinski definition) is 4. The molecular weight excluding hydrogens is 222 g/mol. The summed E-state index contributed by atoms with van der Waals surface area (Å²) in [7, 11) is 0.841. The Balaban J connectivity index is 4.36. The summed E-state index contributed by atoms with van der Waals surface area (Å²) in [6, 6.07) is 0. The van der Waals surface area contributed by atoms with Gasteiger partial charge in [0.2, 0.25) is 0 Å². The highest BCUT2D eigenvalue weighted by atomic mass is 19.3. The van der Waals surface area contributed by atoms with Crippen molar-refractivity contribution in [3.63, 3.8) is 0 Å². The maximum atomic E-state index is 12.9. The molecule has 6 heteroatoms. The molecule has 0 unspecified atom stereocenters. The van der Waals surface area contributed by atoms with Crippen LogP contribution in [0.5, 0.6) is 0 Å². The number of esters is 2. The summed E-state index contributed by atoms with van der Waals surface area (Å²) < 4.78 is 34.1. The van der Waals surface area contributed by atoms with E-state index in [-0.39, 0.29) is 0 Å². The van der Waals surface area contributed by atoms with Crippen LogP contribution in [0.2, 0.25) is 0 Å². The zero-order chi connectivity index (χ0) is 13.0. The van der Waals surface area contributed by atoms with Crippen LogP contribution >= 0.6 is 0 Å². The molecule has 0 radical (unpaired) electrons. The van der Waals surface area contributed by atoms with Crippen molar-refractivity contribution < 1.29 is 27.8 Å². The molecule has 0 aliphatic carbocycles. The molecule has 0 spiro atoms. The van der Waals surface area contributed by atoms with E-state index in [4.69, 9.17) is 0 Å². The molecule has 0 heterocycles. The van der Waals surface area contributed by atoms with Gasteiger partial charge in [-0.25, -0.2) is 4.79 Å². The van der Waals surface area contributed by atoms with Crippen molar-refractivity contribution in [2.75, 3.05) is 13.7 Å². The Morgan fingerprint density at radius 2 is 1.69 bits per heavy atom. The molecule has 0 aliphatic rings. The third-order valence-electron chi connectivity index (χ3n) is 2.31. The highest BCUT2D eigenvalue weighted by Crippen LogP contribution is 2.23. The van der Waals surface area contributed by atoms with E-state index in [1.54, 1.807) is 20.8 Å². The van der Waals surface area contributed by atoms with E-state index in [1.165, 1.54) is 0 Å². The van der Waals surface area contributed by atoms with Gasteiger partial charge < -0.3 is 9.47 Å². The van der Waals surface area contributed by atoms with Gasteiger partial charge in [0.15, 0.2) is 6.61 Å². The lowest BCUT2D eigenvalue weighted by Gasteiger charge is -2.22. The first-order valence-electron chi connectivity index (χ1n) is 4.81. The Morgan fingerprint density at radius 1 is 1.19 bits per heavy atom. The van der Waals surface area contributed by atoms with Gasteiger partial charge in [-0.05, 0) is 20.3 Å². The number of rotatable bonds is 5. The molecule has 0 aliphatic heterocycles. The van der Waals surface area contributed by atoms with Crippen LogP contribution in [0.4, 0.5) is 8.78 Å². The highest BCUT2D eigenvalue weighted by molar-refractivity contribution is 5.79. The standard InChI is InChI=1S/C10H16F2O4/c1-5-9(2,3)7(13)16-6-10(11,12)8(14)15-4/h5-6H2,1-4H3. The Kier molecular flexibility index (Phi) is 4.83. The van der Waals surface area contributed by atoms with Gasteiger partial charge in [0.1, 0.15) is 0 Å². The van der Waals surface area contributed by atoms with Crippen LogP contribution in [-0.2, 0) is 19.1 Å². The molecule has 0 saturated heterocycles. The number of hydrogen-bond donors (Lipinski definition) is 0. The minimum Gasteiger partial charge on any atom is -0.464 e. The van der Waals surface area contributed by atoms with E-state index < -0.39 is 29.9 Å². The number of methoxy groups -OCH3 is 1. The number of ether oxygens (including phenoxy) is 2. The van der Waals surface area contributed by atoms with Crippen LogP contribution in [0.15, 0.2) is 0 Å². The van der Waals surface area contributed by atoms with Crippen LogP contribution in [-0.4, -0.2) is 31.6 Å². The molecule has 0 amide bonds. The number of halogens is 2. The number of alkyl halides is 2. The second-order valence-electron chi connectivity index (χ2n) is 4.01. The number of carbonyl (C=O) groups is 2. The molecule has 94 valence electrons. The Morgan fingerprint density at radius 3 is 2.06 bits per heavy atom. The van der Waals surface area contributed by atoms with Gasteiger partial charge >= 0.3 is 17.9 Å². The molecule has 0 aromatic rings. The van der Waals surface area contributed by atoms with E-state index >= 15 is 0 Å². The Labute approximate surface area is 92.9 Å². The molecule has 0 saturated carbocycles. The van der Waals surface area contributed by atoms with Crippen molar-refractivity contribution in [3.8, 4) is 0 Å². The van der Waals surface area contributed by atoms with Gasteiger partial charge in [-0.3, -0.25) is 4.79 Å². The van der Waals surface area contributed by atoms with E-state index in [0.717, 1.165) is 7.11 Å². The summed E-state index contributed by atoms with van der Waals surface area (Å²) >= 11 is 0. The maximum absolute atomic E-state index is 12.9. The van der Waals surface area contributed by atoms with Crippen molar-refractivity contribution in [3.05, 3.63) is 0 Å². The molecule has 16 heavy (non-hydrogen) atoms. The largest absolute Gasteiger partial charge is 0.464 e. The third kappa shape index (κ3) is 3.75. The van der Waals surface area contributed by atoms with Crippen molar-refractivity contribution in [1.82, 2.24) is 0 Å². The van der Waals surface area contributed by atoms with Gasteiger partial charge in [0.05, 0.1) is 12.5 Å². The van der Waals surface area contributed by atoms with Crippen LogP contribution in [0.3, 0.4) is 0 Å². The van der Waals surface area contributed by atoms with Crippen molar-refractivity contribution in [2.24, 2.45) is 5.41 Å². The fourth-order valence-corrected chi connectivity index (χ4v) is 0.704. The van der Waals surface area contributed by atoms with Gasteiger partial charge in [-0.1, -0.05) is 6.92 Å². The molecule has 0 atom stereocenters. The zero-order valence-corrected chi connectivity index (χ0v) is 9.80.